The summed E-state index contributed by atoms with van der Waals surface area (Å²) in [6.45, 7) is 7.97. The number of carbonyl (C=O) groups excluding carboxylic acids is 1. The van der Waals surface area contributed by atoms with Crippen molar-refractivity contribution in [2.75, 3.05) is 20.5 Å². The van der Waals surface area contributed by atoms with E-state index < -0.39 is 12.0 Å². The van der Waals surface area contributed by atoms with E-state index in [1.54, 1.807) is 25.5 Å². The molecule has 0 N–H and O–H groups in total. The SMILES string of the molecule is CCOC(=O)C1=C(C)N=c2s/c(=C/c3cc(C)n(-c4ccc5c(c4)OCO5)c3C)c(=O)n2[C@@H]1c1ccccc1OC. The first-order chi connectivity index (χ1) is 19.8. The van der Waals surface area contributed by atoms with Crippen molar-refractivity contribution in [3.63, 3.8) is 0 Å². The summed E-state index contributed by atoms with van der Waals surface area (Å²) in [7, 11) is 1.57. The summed E-state index contributed by atoms with van der Waals surface area (Å²) in [4.78, 5) is 32.4. The average Bonchev–Trinajstić information content (AvgIpc) is 3.63. The lowest BCUT2D eigenvalue weighted by atomic mass is 9.95. The third-order valence-corrected chi connectivity index (χ3v) is 8.30. The zero-order valence-corrected chi connectivity index (χ0v) is 24.2. The van der Waals surface area contributed by atoms with Gasteiger partial charge in [-0.25, -0.2) is 9.79 Å². The molecule has 2 aromatic carbocycles. The quantitative estimate of drug-likeness (QED) is 0.326. The van der Waals surface area contributed by atoms with Gasteiger partial charge in [-0.05, 0) is 63.6 Å². The summed E-state index contributed by atoms with van der Waals surface area (Å²) >= 11 is 1.29. The molecule has 0 spiro atoms. The van der Waals surface area contributed by atoms with E-state index in [1.165, 1.54) is 11.3 Å². The topological polar surface area (TPSA) is 93.3 Å². The molecule has 41 heavy (non-hydrogen) atoms. The van der Waals surface area contributed by atoms with Crippen molar-refractivity contribution in [1.82, 2.24) is 9.13 Å². The number of hydrogen-bond acceptors (Lipinski definition) is 8. The van der Waals surface area contributed by atoms with Gasteiger partial charge in [0.2, 0.25) is 6.79 Å². The van der Waals surface area contributed by atoms with Gasteiger partial charge in [-0.3, -0.25) is 9.36 Å². The number of hydrogen-bond donors (Lipinski definition) is 0. The molecule has 0 fully saturated rings. The van der Waals surface area contributed by atoms with Crippen LogP contribution in [0.4, 0.5) is 0 Å². The van der Waals surface area contributed by atoms with E-state index in [-0.39, 0.29) is 19.0 Å². The maximum Gasteiger partial charge on any atom is 0.338 e. The number of allylic oxidation sites excluding steroid dienone is 1. The minimum atomic E-state index is -0.746. The van der Waals surface area contributed by atoms with Gasteiger partial charge >= 0.3 is 5.97 Å². The largest absolute Gasteiger partial charge is 0.496 e. The Morgan fingerprint density at radius 1 is 1.12 bits per heavy atom. The summed E-state index contributed by atoms with van der Waals surface area (Å²) in [5.74, 6) is 1.48. The molecule has 6 rings (SSSR count). The molecule has 9 nitrogen and oxygen atoms in total. The van der Waals surface area contributed by atoms with Crippen LogP contribution in [0.3, 0.4) is 0 Å². The number of methoxy groups -OCH3 is 1. The maximum absolute atomic E-state index is 14.1. The number of esters is 1. The third kappa shape index (κ3) is 4.44. The highest BCUT2D eigenvalue weighted by Gasteiger charge is 2.35. The molecular weight excluding hydrogens is 542 g/mol. The molecule has 0 saturated carbocycles. The number of benzene rings is 2. The molecule has 2 aromatic heterocycles. The molecule has 0 amide bonds. The normalized spacial score (nSPS) is 16.0. The highest BCUT2D eigenvalue weighted by atomic mass is 32.1. The number of aromatic nitrogens is 2. The summed E-state index contributed by atoms with van der Waals surface area (Å²) in [6.07, 6.45) is 1.89. The Hall–Kier alpha value is -4.57. The van der Waals surface area contributed by atoms with Gasteiger partial charge in [0.1, 0.15) is 11.8 Å². The molecule has 4 heterocycles. The number of ether oxygens (including phenoxy) is 4. The molecule has 210 valence electrons. The van der Waals surface area contributed by atoms with Gasteiger partial charge in [-0.15, -0.1) is 0 Å². The Balaban J connectivity index is 1.51. The second-order valence-electron chi connectivity index (χ2n) is 9.74. The summed E-state index contributed by atoms with van der Waals surface area (Å²) in [5.41, 5.74) is 5.08. The highest BCUT2D eigenvalue weighted by Crippen LogP contribution is 2.36. The molecule has 0 bridgehead atoms. The lowest BCUT2D eigenvalue weighted by Gasteiger charge is -2.25. The molecular formula is C31H29N3O6S. The average molecular weight is 572 g/mol. The maximum atomic E-state index is 14.1. The van der Waals surface area contributed by atoms with Crippen molar-refractivity contribution in [3.05, 3.63) is 102 Å². The second kappa shape index (κ2) is 10.4. The first-order valence-corrected chi connectivity index (χ1v) is 14.1. The van der Waals surface area contributed by atoms with Crippen LogP contribution >= 0.6 is 11.3 Å². The predicted octanol–water partition coefficient (Wildman–Crippen LogP) is 3.94. The van der Waals surface area contributed by atoms with E-state index >= 15 is 0 Å². The van der Waals surface area contributed by atoms with E-state index in [0.717, 1.165) is 28.4 Å². The number of carbonyl (C=O) groups is 1. The first kappa shape index (κ1) is 26.6. The van der Waals surface area contributed by atoms with E-state index in [4.69, 9.17) is 18.9 Å². The van der Waals surface area contributed by atoms with Crippen LogP contribution in [0.5, 0.6) is 17.2 Å². The fraction of sp³-hybridized carbons (Fsp3) is 0.258. The van der Waals surface area contributed by atoms with E-state index in [0.29, 0.717) is 37.7 Å². The van der Waals surface area contributed by atoms with Crippen LogP contribution in [-0.4, -0.2) is 35.6 Å². The molecule has 0 unspecified atom stereocenters. The number of rotatable bonds is 6. The van der Waals surface area contributed by atoms with Crippen LogP contribution in [0.2, 0.25) is 0 Å². The number of para-hydroxylation sites is 1. The van der Waals surface area contributed by atoms with Crippen LogP contribution in [-0.2, 0) is 9.53 Å². The lowest BCUT2D eigenvalue weighted by Crippen LogP contribution is -2.40. The first-order valence-electron chi connectivity index (χ1n) is 13.2. The summed E-state index contributed by atoms with van der Waals surface area (Å²) < 4.78 is 26.3. The molecule has 2 aliphatic rings. The molecule has 1 atom stereocenters. The van der Waals surface area contributed by atoms with E-state index in [2.05, 4.69) is 9.56 Å². The zero-order chi connectivity index (χ0) is 28.8. The van der Waals surface area contributed by atoms with Crippen molar-refractivity contribution in [2.24, 2.45) is 4.99 Å². The number of aryl methyl sites for hydroxylation is 1. The van der Waals surface area contributed by atoms with Gasteiger partial charge < -0.3 is 23.5 Å². The Morgan fingerprint density at radius 3 is 2.68 bits per heavy atom. The Bertz CT molecular complexity index is 1910. The van der Waals surface area contributed by atoms with Crippen LogP contribution < -0.4 is 29.1 Å². The Morgan fingerprint density at radius 2 is 1.90 bits per heavy atom. The monoisotopic (exact) mass is 571 g/mol. The fourth-order valence-corrected chi connectivity index (χ4v) is 6.51. The second-order valence-corrected chi connectivity index (χ2v) is 10.8. The van der Waals surface area contributed by atoms with Gasteiger partial charge in [-0.1, -0.05) is 29.5 Å². The van der Waals surface area contributed by atoms with Gasteiger partial charge in [-0.2, -0.15) is 0 Å². The van der Waals surface area contributed by atoms with Crippen LogP contribution in [0, 0.1) is 13.8 Å². The van der Waals surface area contributed by atoms with E-state index in [1.807, 2.05) is 68.5 Å². The van der Waals surface area contributed by atoms with Crippen LogP contribution in [0.15, 0.2) is 69.6 Å². The zero-order valence-electron chi connectivity index (χ0n) is 23.4. The number of nitrogens with zero attached hydrogens (tertiary/aromatic N) is 3. The standard InChI is InChI=1S/C31H29N3O6S/c1-6-38-30(36)27-18(3)32-31-34(28(27)22-9-7-8-10-23(22)37-5)29(35)26(41-31)14-20-13-17(2)33(19(20)4)21-11-12-24-25(15-21)40-16-39-24/h7-15,28H,6,16H2,1-5H3/b26-14+/t28-/m1/s1. The van der Waals surface area contributed by atoms with Gasteiger partial charge in [0.15, 0.2) is 16.3 Å². The number of thiazole rings is 1. The van der Waals surface area contributed by atoms with Crippen molar-refractivity contribution >= 4 is 23.4 Å². The Kier molecular flexibility index (Phi) is 6.78. The minimum absolute atomic E-state index is 0.206. The molecule has 10 heteroatoms. The lowest BCUT2D eigenvalue weighted by molar-refractivity contribution is -0.139. The van der Waals surface area contributed by atoms with Crippen LogP contribution in [0.1, 0.15) is 42.4 Å². The molecule has 2 aliphatic heterocycles. The van der Waals surface area contributed by atoms with Crippen molar-refractivity contribution < 1.29 is 23.7 Å². The summed E-state index contributed by atoms with van der Waals surface area (Å²) in [5, 5.41) is 0. The van der Waals surface area contributed by atoms with Crippen molar-refractivity contribution in [1.29, 1.82) is 0 Å². The van der Waals surface area contributed by atoms with Crippen molar-refractivity contribution in [3.8, 4) is 22.9 Å². The van der Waals surface area contributed by atoms with Crippen molar-refractivity contribution in [2.45, 2.75) is 33.7 Å². The molecule has 0 radical (unpaired) electrons. The molecule has 4 aromatic rings. The fourth-order valence-electron chi connectivity index (χ4n) is 5.47. The van der Waals surface area contributed by atoms with Gasteiger partial charge in [0.05, 0.1) is 29.5 Å². The van der Waals surface area contributed by atoms with E-state index in [9.17, 15) is 9.59 Å². The summed E-state index contributed by atoms with van der Waals surface area (Å²) in [6, 6.07) is 14.5. The highest BCUT2D eigenvalue weighted by molar-refractivity contribution is 7.07. The third-order valence-electron chi connectivity index (χ3n) is 7.32. The smallest absolute Gasteiger partial charge is 0.338 e. The van der Waals surface area contributed by atoms with Gasteiger partial charge in [0, 0.05) is 28.7 Å². The van der Waals surface area contributed by atoms with Gasteiger partial charge in [0.25, 0.3) is 5.56 Å². The predicted molar refractivity (Wildman–Crippen MR) is 155 cm³/mol. The Labute approximate surface area is 240 Å². The number of fused-ring (bicyclic) bond motifs is 2. The van der Waals surface area contributed by atoms with Crippen LogP contribution in [0.25, 0.3) is 11.8 Å². The molecule has 0 aliphatic carbocycles. The molecule has 0 saturated heterocycles. The minimum Gasteiger partial charge on any atom is -0.496 e.